The standard InChI is InChI=1S/C9H12O.C6H13NO2/c10-8-4-7-9-5-2-1-3-6-9;1-3-6(8)7-4-5-9-2/h2,5-6,8H,1,3-4,7H2;3-5H2,1-2H3,(H,7,8). The molecule has 19 heavy (non-hydrogen) atoms. The summed E-state index contributed by atoms with van der Waals surface area (Å²) in [4.78, 5) is 20.5. The largest absolute Gasteiger partial charge is 0.383 e. The minimum absolute atomic E-state index is 0.0760. The molecule has 1 aliphatic carbocycles. The molecular weight excluding hydrogens is 242 g/mol. The lowest BCUT2D eigenvalue weighted by Gasteiger charge is -2.02. The fourth-order valence-corrected chi connectivity index (χ4v) is 1.50. The molecule has 0 atom stereocenters. The Morgan fingerprint density at radius 2 is 2.26 bits per heavy atom. The molecule has 108 valence electrons. The zero-order chi connectivity index (χ0) is 14.3. The Labute approximate surface area is 115 Å². The first kappa shape index (κ1) is 17.6. The average molecular weight is 267 g/mol. The molecule has 1 rings (SSSR count). The van der Waals surface area contributed by atoms with Crippen LogP contribution in [0.5, 0.6) is 0 Å². The van der Waals surface area contributed by atoms with Crippen LogP contribution in [0.15, 0.2) is 23.8 Å². The van der Waals surface area contributed by atoms with E-state index in [0.717, 1.165) is 25.5 Å². The minimum Gasteiger partial charge on any atom is -0.383 e. The predicted octanol–water partition coefficient (Wildman–Crippen LogP) is 2.40. The summed E-state index contributed by atoms with van der Waals surface area (Å²) >= 11 is 0. The maximum absolute atomic E-state index is 10.5. The Bertz CT molecular complexity index is 309. The van der Waals surface area contributed by atoms with Crippen molar-refractivity contribution in [1.82, 2.24) is 5.32 Å². The Morgan fingerprint density at radius 3 is 2.79 bits per heavy atom. The van der Waals surface area contributed by atoms with Crippen molar-refractivity contribution in [3.05, 3.63) is 23.8 Å². The van der Waals surface area contributed by atoms with Gasteiger partial charge in [-0.1, -0.05) is 30.7 Å². The van der Waals surface area contributed by atoms with Gasteiger partial charge in [0.05, 0.1) is 6.61 Å². The SMILES string of the molecule is CCC(=O)NCCOC.O=CCCC1=CCCC=C1. The molecule has 0 aromatic carbocycles. The van der Waals surface area contributed by atoms with Gasteiger partial charge < -0.3 is 14.8 Å². The van der Waals surface area contributed by atoms with E-state index in [1.165, 1.54) is 5.57 Å². The maximum atomic E-state index is 10.5. The summed E-state index contributed by atoms with van der Waals surface area (Å²) in [5.41, 5.74) is 1.32. The van der Waals surface area contributed by atoms with Gasteiger partial charge in [0.25, 0.3) is 0 Å². The van der Waals surface area contributed by atoms with Crippen LogP contribution in [-0.2, 0) is 14.3 Å². The summed E-state index contributed by atoms with van der Waals surface area (Å²) in [5, 5.41) is 2.67. The fraction of sp³-hybridized carbons (Fsp3) is 0.600. The van der Waals surface area contributed by atoms with Gasteiger partial charge in [-0.25, -0.2) is 0 Å². The first-order valence-electron chi connectivity index (χ1n) is 6.79. The number of nitrogens with one attached hydrogen (secondary N) is 1. The van der Waals surface area contributed by atoms with Gasteiger partial charge in [-0.15, -0.1) is 0 Å². The van der Waals surface area contributed by atoms with Crippen molar-refractivity contribution in [2.45, 2.75) is 39.0 Å². The zero-order valence-corrected chi connectivity index (χ0v) is 12.0. The maximum Gasteiger partial charge on any atom is 0.219 e. The van der Waals surface area contributed by atoms with Crippen molar-refractivity contribution in [2.24, 2.45) is 0 Å². The van der Waals surface area contributed by atoms with Crippen LogP contribution in [0, 0.1) is 0 Å². The number of carbonyl (C=O) groups is 2. The lowest BCUT2D eigenvalue weighted by Crippen LogP contribution is -2.25. The summed E-state index contributed by atoms with van der Waals surface area (Å²) in [6.45, 7) is 3.02. The molecule has 0 aromatic heterocycles. The highest BCUT2D eigenvalue weighted by Gasteiger charge is 1.95. The van der Waals surface area contributed by atoms with Crippen molar-refractivity contribution in [3.8, 4) is 0 Å². The molecular formula is C15H25NO3. The van der Waals surface area contributed by atoms with Crippen LogP contribution in [0.3, 0.4) is 0 Å². The number of methoxy groups -OCH3 is 1. The van der Waals surface area contributed by atoms with E-state index in [1.807, 2.05) is 6.92 Å². The van der Waals surface area contributed by atoms with Crippen molar-refractivity contribution in [3.63, 3.8) is 0 Å². The Kier molecular flexibility index (Phi) is 12.0. The summed E-state index contributed by atoms with van der Waals surface area (Å²) in [6.07, 6.45) is 11.9. The normalized spacial score (nSPS) is 13.1. The van der Waals surface area contributed by atoms with Gasteiger partial charge in [-0.2, -0.15) is 0 Å². The smallest absolute Gasteiger partial charge is 0.219 e. The highest BCUT2D eigenvalue weighted by molar-refractivity contribution is 5.75. The van der Waals surface area contributed by atoms with Crippen molar-refractivity contribution >= 4 is 12.2 Å². The van der Waals surface area contributed by atoms with Crippen molar-refractivity contribution in [1.29, 1.82) is 0 Å². The molecule has 0 fully saturated rings. The molecule has 1 N–H and O–H groups in total. The first-order chi connectivity index (χ1) is 9.24. The van der Waals surface area contributed by atoms with Gasteiger partial charge in [-0.3, -0.25) is 4.79 Å². The number of amides is 1. The first-order valence-corrected chi connectivity index (χ1v) is 6.79. The topological polar surface area (TPSA) is 55.4 Å². The van der Waals surface area contributed by atoms with E-state index in [2.05, 4.69) is 23.5 Å². The number of ether oxygens (including phenoxy) is 1. The van der Waals surface area contributed by atoms with E-state index in [1.54, 1.807) is 7.11 Å². The lowest BCUT2D eigenvalue weighted by molar-refractivity contribution is -0.121. The minimum atomic E-state index is 0.0760. The molecule has 0 aromatic rings. The number of carbonyl (C=O) groups excluding carboxylic acids is 2. The van der Waals surface area contributed by atoms with Crippen molar-refractivity contribution < 1.29 is 14.3 Å². The van der Waals surface area contributed by atoms with Gasteiger partial charge in [0, 0.05) is 26.5 Å². The van der Waals surface area contributed by atoms with Crippen LogP contribution in [0.2, 0.25) is 0 Å². The van der Waals surface area contributed by atoms with Crippen LogP contribution in [0.25, 0.3) is 0 Å². The van der Waals surface area contributed by atoms with Crippen LogP contribution < -0.4 is 5.32 Å². The van der Waals surface area contributed by atoms with Gasteiger partial charge in [0.2, 0.25) is 5.91 Å². The van der Waals surface area contributed by atoms with Gasteiger partial charge in [-0.05, 0) is 19.3 Å². The Hall–Kier alpha value is -1.42. The van der Waals surface area contributed by atoms with E-state index >= 15 is 0 Å². The number of aldehydes is 1. The van der Waals surface area contributed by atoms with Crippen LogP contribution in [0.4, 0.5) is 0 Å². The molecule has 0 bridgehead atoms. The third-order valence-electron chi connectivity index (χ3n) is 2.57. The molecule has 0 aliphatic heterocycles. The highest BCUT2D eigenvalue weighted by Crippen LogP contribution is 2.13. The van der Waals surface area contributed by atoms with E-state index in [-0.39, 0.29) is 5.91 Å². The highest BCUT2D eigenvalue weighted by atomic mass is 16.5. The molecule has 1 aliphatic rings. The van der Waals surface area contributed by atoms with Gasteiger partial charge in [0.15, 0.2) is 0 Å². The number of hydrogen-bond donors (Lipinski definition) is 1. The molecule has 0 saturated heterocycles. The molecule has 1 amide bonds. The molecule has 0 spiro atoms. The monoisotopic (exact) mass is 267 g/mol. The van der Waals surface area contributed by atoms with E-state index in [4.69, 9.17) is 4.74 Å². The molecule has 4 nitrogen and oxygen atoms in total. The summed E-state index contributed by atoms with van der Waals surface area (Å²) in [5.74, 6) is 0.0760. The van der Waals surface area contributed by atoms with Crippen LogP contribution in [0.1, 0.15) is 39.0 Å². The Balaban J connectivity index is 0.000000344. The third-order valence-corrected chi connectivity index (χ3v) is 2.57. The summed E-state index contributed by atoms with van der Waals surface area (Å²) in [7, 11) is 1.61. The Morgan fingerprint density at radius 1 is 1.47 bits per heavy atom. The molecule has 0 saturated carbocycles. The average Bonchev–Trinajstić information content (AvgIpc) is 2.47. The molecule has 0 heterocycles. The van der Waals surface area contributed by atoms with Crippen LogP contribution >= 0.6 is 0 Å². The van der Waals surface area contributed by atoms with E-state index in [0.29, 0.717) is 26.0 Å². The summed E-state index contributed by atoms with van der Waals surface area (Å²) in [6, 6.07) is 0. The quantitative estimate of drug-likeness (QED) is 0.569. The molecule has 4 heteroatoms. The second-order valence-electron chi connectivity index (χ2n) is 4.16. The van der Waals surface area contributed by atoms with E-state index < -0.39 is 0 Å². The van der Waals surface area contributed by atoms with E-state index in [9.17, 15) is 9.59 Å². The molecule has 0 radical (unpaired) electrons. The zero-order valence-electron chi connectivity index (χ0n) is 12.0. The summed E-state index contributed by atoms with van der Waals surface area (Å²) < 4.78 is 4.72. The number of hydrogen-bond acceptors (Lipinski definition) is 3. The predicted molar refractivity (Wildman–Crippen MR) is 76.9 cm³/mol. The third kappa shape index (κ3) is 11.4. The number of rotatable bonds is 7. The lowest BCUT2D eigenvalue weighted by atomic mass is 10.0. The van der Waals surface area contributed by atoms with Gasteiger partial charge >= 0.3 is 0 Å². The molecule has 0 unspecified atom stereocenters. The van der Waals surface area contributed by atoms with Crippen LogP contribution in [-0.4, -0.2) is 32.5 Å². The van der Waals surface area contributed by atoms with Crippen molar-refractivity contribution in [2.75, 3.05) is 20.3 Å². The second kappa shape index (κ2) is 13.0. The number of allylic oxidation sites excluding steroid dienone is 4. The van der Waals surface area contributed by atoms with Gasteiger partial charge in [0.1, 0.15) is 6.29 Å². The fourth-order valence-electron chi connectivity index (χ4n) is 1.50. The second-order valence-corrected chi connectivity index (χ2v) is 4.16.